The lowest BCUT2D eigenvalue weighted by molar-refractivity contribution is -0.193. The van der Waals surface area contributed by atoms with E-state index in [0.717, 1.165) is 25.8 Å². The van der Waals surface area contributed by atoms with Crippen molar-refractivity contribution >= 4 is 5.91 Å². The minimum absolute atomic E-state index is 0.306. The highest BCUT2D eigenvalue weighted by Crippen LogP contribution is 2.32. The van der Waals surface area contributed by atoms with E-state index < -0.39 is 5.79 Å². The Bertz CT molecular complexity index is 306. The van der Waals surface area contributed by atoms with Gasteiger partial charge in [0.25, 0.3) is 0 Å². The molecule has 0 unspecified atom stereocenters. The van der Waals surface area contributed by atoms with Crippen molar-refractivity contribution in [3.05, 3.63) is 0 Å². The number of rotatable bonds is 2. The van der Waals surface area contributed by atoms with Crippen LogP contribution >= 0.6 is 0 Å². The first kappa shape index (κ1) is 12.4. The molecule has 2 heterocycles. The zero-order chi connectivity index (χ0) is 12.4. The lowest BCUT2D eigenvalue weighted by Gasteiger charge is -2.38. The number of carbonyl (C=O) groups excluding carboxylic acids is 1. The van der Waals surface area contributed by atoms with Crippen LogP contribution in [0, 0.1) is 5.92 Å². The molecule has 18 heavy (non-hydrogen) atoms. The molecule has 3 rings (SSSR count). The van der Waals surface area contributed by atoms with Crippen LogP contribution < -0.4 is 0 Å². The van der Waals surface area contributed by atoms with Gasteiger partial charge in [-0.25, -0.2) is 0 Å². The highest BCUT2D eigenvalue weighted by atomic mass is 16.7. The molecule has 0 atom stereocenters. The highest BCUT2D eigenvalue weighted by molar-refractivity contribution is 5.76. The molecule has 0 radical (unpaired) electrons. The van der Waals surface area contributed by atoms with Crippen LogP contribution in [0.2, 0.25) is 0 Å². The van der Waals surface area contributed by atoms with Crippen LogP contribution in [0.3, 0.4) is 0 Å². The Morgan fingerprint density at radius 2 is 1.89 bits per heavy atom. The van der Waals surface area contributed by atoms with Crippen molar-refractivity contribution in [3.8, 4) is 0 Å². The second-order valence-corrected chi connectivity index (χ2v) is 5.88. The minimum Gasteiger partial charge on any atom is -0.346 e. The van der Waals surface area contributed by atoms with Gasteiger partial charge in [0.2, 0.25) is 5.91 Å². The van der Waals surface area contributed by atoms with Gasteiger partial charge in [0.1, 0.15) is 0 Å². The zero-order valence-electron chi connectivity index (χ0n) is 11.0. The predicted molar refractivity (Wildman–Crippen MR) is 67.0 cm³/mol. The topological polar surface area (TPSA) is 38.8 Å². The van der Waals surface area contributed by atoms with Gasteiger partial charge < -0.3 is 14.4 Å². The van der Waals surface area contributed by atoms with Gasteiger partial charge in [-0.3, -0.25) is 4.79 Å². The first-order chi connectivity index (χ1) is 8.77. The van der Waals surface area contributed by atoms with Gasteiger partial charge in [0, 0.05) is 19.4 Å². The van der Waals surface area contributed by atoms with Crippen LogP contribution in [0.5, 0.6) is 0 Å². The molecule has 0 aromatic rings. The van der Waals surface area contributed by atoms with Gasteiger partial charge in [0.15, 0.2) is 5.79 Å². The van der Waals surface area contributed by atoms with E-state index in [1.165, 1.54) is 25.7 Å². The van der Waals surface area contributed by atoms with E-state index in [4.69, 9.17) is 9.47 Å². The van der Waals surface area contributed by atoms with Crippen LogP contribution in [0.1, 0.15) is 44.9 Å². The lowest BCUT2D eigenvalue weighted by Crippen LogP contribution is -2.51. The van der Waals surface area contributed by atoms with Crippen molar-refractivity contribution in [1.29, 1.82) is 0 Å². The number of nitrogens with zero attached hydrogens (tertiary/aromatic N) is 1. The normalized spacial score (nSPS) is 28.1. The largest absolute Gasteiger partial charge is 0.346 e. The molecule has 2 aliphatic heterocycles. The fourth-order valence-electron chi connectivity index (χ4n) is 3.52. The van der Waals surface area contributed by atoms with E-state index in [-0.39, 0.29) is 0 Å². The maximum atomic E-state index is 12.3. The molecule has 0 aromatic carbocycles. The van der Waals surface area contributed by atoms with Crippen LogP contribution in [0.4, 0.5) is 0 Å². The first-order valence-electron chi connectivity index (χ1n) is 7.33. The maximum absolute atomic E-state index is 12.3. The maximum Gasteiger partial charge on any atom is 0.223 e. The summed E-state index contributed by atoms with van der Waals surface area (Å²) in [5, 5.41) is 0. The second-order valence-electron chi connectivity index (χ2n) is 5.88. The number of carbonyl (C=O) groups is 1. The monoisotopic (exact) mass is 253 g/mol. The van der Waals surface area contributed by atoms with E-state index in [1.807, 2.05) is 4.90 Å². The Kier molecular flexibility index (Phi) is 3.57. The Labute approximate surface area is 109 Å². The Balaban J connectivity index is 1.56. The molecule has 0 aromatic heterocycles. The molecule has 0 bridgehead atoms. The van der Waals surface area contributed by atoms with Crippen LogP contribution in [-0.2, 0) is 14.3 Å². The first-order valence-corrected chi connectivity index (χ1v) is 7.33. The molecule has 4 heteroatoms. The third kappa shape index (κ3) is 2.54. The van der Waals surface area contributed by atoms with Crippen LogP contribution in [-0.4, -0.2) is 42.9 Å². The summed E-state index contributed by atoms with van der Waals surface area (Å²) in [6.45, 7) is 2.86. The van der Waals surface area contributed by atoms with Crippen molar-refractivity contribution in [2.45, 2.75) is 50.7 Å². The van der Waals surface area contributed by atoms with Crippen LogP contribution in [0.25, 0.3) is 0 Å². The third-order valence-corrected chi connectivity index (χ3v) is 4.52. The minimum atomic E-state index is -0.469. The molecule has 4 nitrogen and oxygen atoms in total. The van der Waals surface area contributed by atoms with E-state index in [2.05, 4.69) is 0 Å². The summed E-state index contributed by atoms with van der Waals surface area (Å²) in [5.74, 6) is 0.463. The third-order valence-electron chi connectivity index (χ3n) is 4.52. The average Bonchev–Trinajstić information content (AvgIpc) is 3.02. The molecule has 0 N–H and O–H groups in total. The second kappa shape index (κ2) is 5.17. The summed E-state index contributed by atoms with van der Waals surface area (Å²) >= 11 is 0. The van der Waals surface area contributed by atoms with E-state index in [0.29, 0.717) is 31.6 Å². The summed E-state index contributed by atoms with van der Waals surface area (Å²) in [6, 6.07) is 0. The van der Waals surface area contributed by atoms with E-state index >= 15 is 0 Å². The summed E-state index contributed by atoms with van der Waals surface area (Å²) in [5.41, 5.74) is 0. The molecule has 1 amide bonds. The van der Waals surface area contributed by atoms with Gasteiger partial charge in [-0.15, -0.1) is 0 Å². The van der Waals surface area contributed by atoms with Crippen molar-refractivity contribution in [2.75, 3.05) is 26.3 Å². The van der Waals surface area contributed by atoms with Crippen molar-refractivity contribution < 1.29 is 14.3 Å². The Morgan fingerprint density at radius 1 is 1.17 bits per heavy atom. The molecular formula is C14H23NO3. The summed E-state index contributed by atoms with van der Waals surface area (Å²) in [7, 11) is 0. The standard InChI is InChI=1S/C14H23NO3/c16-13(10-12-4-1-2-5-12)15-7-3-6-14(11-15)17-8-9-18-14/h12H,1-11H2. The smallest absolute Gasteiger partial charge is 0.223 e. The molecule has 102 valence electrons. The molecule has 1 aliphatic carbocycles. The number of likely N-dealkylation sites (tertiary alicyclic amines) is 1. The summed E-state index contributed by atoms with van der Waals surface area (Å²) < 4.78 is 11.4. The lowest BCUT2D eigenvalue weighted by atomic mass is 10.00. The molecule has 1 saturated carbocycles. The number of hydrogen-bond acceptors (Lipinski definition) is 3. The van der Waals surface area contributed by atoms with Gasteiger partial charge in [-0.1, -0.05) is 12.8 Å². The average molecular weight is 253 g/mol. The summed E-state index contributed by atoms with van der Waals surface area (Å²) in [4.78, 5) is 14.3. The van der Waals surface area contributed by atoms with Gasteiger partial charge in [0.05, 0.1) is 19.8 Å². The zero-order valence-corrected chi connectivity index (χ0v) is 11.0. The molecule has 3 fully saturated rings. The Hall–Kier alpha value is -0.610. The SMILES string of the molecule is O=C(CC1CCCC1)N1CCCC2(C1)OCCO2. The number of amides is 1. The highest BCUT2D eigenvalue weighted by Gasteiger charge is 2.42. The fourth-order valence-corrected chi connectivity index (χ4v) is 3.52. The van der Waals surface area contributed by atoms with E-state index in [9.17, 15) is 4.79 Å². The quantitative estimate of drug-likeness (QED) is 0.755. The summed E-state index contributed by atoms with van der Waals surface area (Å²) in [6.07, 6.45) is 7.73. The van der Waals surface area contributed by atoms with Crippen molar-refractivity contribution in [2.24, 2.45) is 5.92 Å². The molecular weight excluding hydrogens is 230 g/mol. The molecule has 1 spiro atoms. The van der Waals surface area contributed by atoms with Gasteiger partial charge in [-0.05, 0) is 25.2 Å². The number of hydrogen-bond donors (Lipinski definition) is 0. The van der Waals surface area contributed by atoms with Crippen molar-refractivity contribution in [3.63, 3.8) is 0 Å². The number of piperidine rings is 1. The fraction of sp³-hybridized carbons (Fsp3) is 0.929. The molecule has 3 aliphatic rings. The molecule has 2 saturated heterocycles. The number of ether oxygens (including phenoxy) is 2. The van der Waals surface area contributed by atoms with Crippen molar-refractivity contribution in [1.82, 2.24) is 4.90 Å². The Morgan fingerprint density at radius 3 is 2.61 bits per heavy atom. The van der Waals surface area contributed by atoms with E-state index in [1.54, 1.807) is 0 Å². The predicted octanol–water partition coefficient (Wildman–Crippen LogP) is 1.93. The van der Waals surface area contributed by atoms with Gasteiger partial charge in [-0.2, -0.15) is 0 Å². The van der Waals surface area contributed by atoms with Crippen LogP contribution in [0.15, 0.2) is 0 Å². The van der Waals surface area contributed by atoms with Gasteiger partial charge >= 0.3 is 0 Å².